The lowest BCUT2D eigenvalue weighted by atomic mass is 9.79. The van der Waals surface area contributed by atoms with E-state index in [1.165, 1.54) is 0 Å². The quantitative estimate of drug-likeness (QED) is 0.608. The highest BCUT2D eigenvalue weighted by molar-refractivity contribution is 6.09. The first-order valence-corrected chi connectivity index (χ1v) is 9.22. The highest BCUT2D eigenvalue weighted by Crippen LogP contribution is 2.32. The number of ketones is 1. The zero-order chi connectivity index (χ0) is 19.0. The van der Waals surface area contributed by atoms with Crippen LogP contribution in [0.15, 0.2) is 53.7 Å². The number of aliphatic imine (C=N–C) groups is 1. The topological polar surface area (TPSA) is 47.9 Å². The molecule has 0 saturated heterocycles. The van der Waals surface area contributed by atoms with Crippen LogP contribution in [-0.4, -0.2) is 31.3 Å². The Hall–Kier alpha value is -2.20. The fourth-order valence-electron chi connectivity index (χ4n) is 2.42. The standard InChI is InChI=1S/C22H29NO3/c1-5-19(24)16-25-14-15-26-20-8-6-18(7-9-20)21-10-11-22(4,17(2)3)12-13-23-21/h6-13,17H,5,14-16H2,1-4H3. The largest absolute Gasteiger partial charge is 0.491 e. The van der Waals surface area contributed by atoms with Gasteiger partial charge in [-0.2, -0.15) is 0 Å². The molecule has 4 heteroatoms. The van der Waals surface area contributed by atoms with E-state index in [2.05, 4.69) is 44.0 Å². The normalized spacial score (nSPS) is 19.3. The van der Waals surface area contributed by atoms with Gasteiger partial charge in [-0.25, -0.2) is 0 Å². The van der Waals surface area contributed by atoms with E-state index in [4.69, 9.17) is 9.47 Å². The third-order valence-electron chi connectivity index (χ3n) is 4.80. The summed E-state index contributed by atoms with van der Waals surface area (Å²) in [5, 5.41) is 0. The average Bonchev–Trinajstić information content (AvgIpc) is 2.84. The van der Waals surface area contributed by atoms with E-state index in [9.17, 15) is 4.79 Å². The summed E-state index contributed by atoms with van der Waals surface area (Å²) < 4.78 is 10.9. The lowest BCUT2D eigenvalue weighted by Gasteiger charge is -2.25. The summed E-state index contributed by atoms with van der Waals surface area (Å²) in [6.45, 7) is 9.47. The summed E-state index contributed by atoms with van der Waals surface area (Å²) in [5.41, 5.74) is 2.02. The summed E-state index contributed by atoms with van der Waals surface area (Å²) >= 11 is 0. The molecule has 140 valence electrons. The van der Waals surface area contributed by atoms with Crippen molar-refractivity contribution in [2.45, 2.75) is 34.1 Å². The Morgan fingerprint density at radius 3 is 2.54 bits per heavy atom. The molecular weight excluding hydrogens is 326 g/mol. The molecule has 2 rings (SSSR count). The maximum atomic E-state index is 11.1. The maximum absolute atomic E-state index is 11.1. The third-order valence-corrected chi connectivity index (χ3v) is 4.80. The van der Waals surface area contributed by atoms with Gasteiger partial charge in [-0.05, 0) is 36.3 Å². The monoisotopic (exact) mass is 355 g/mol. The molecule has 0 bridgehead atoms. The second kappa shape index (κ2) is 9.48. The van der Waals surface area contributed by atoms with Crippen LogP contribution < -0.4 is 4.74 Å². The first-order chi connectivity index (χ1) is 12.4. The predicted octanol–water partition coefficient (Wildman–Crippen LogP) is 4.60. The molecule has 1 aliphatic rings. The number of rotatable bonds is 9. The molecule has 0 aliphatic carbocycles. The Kier molecular flexibility index (Phi) is 7.34. The van der Waals surface area contributed by atoms with E-state index in [0.717, 1.165) is 17.0 Å². The van der Waals surface area contributed by atoms with Gasteiger partial charge in [0.25, 0.3) is 0 Å². The first-order valence-electron chi connectivity index (χ1n) is 9.22. The van der Waals surface area contributed by atoms with Crippen LogP contribution in [0.1, 0.15) is 39.7 Å². The predicted molar refractivity (Wildman–Crippen MR) is 106 cm³/mol. The van der Waals surface area contributed by atoms with Gasteiger partial charge in [0.15, 0.2) is 5.78 Å². The molecule has 1 unspecified atom stereocenters. The van der Waals surface area contributed by atoms with Gasteiger partial charge in [0.05, 0.1) is 12.3 Å². The van der Waals surface area contributed by atoms with E-state index in [0.29, 0.717) is 25.6 Å². The number of hydrogen-bond donors (Lipinski definition) is 0. The van der Waals surface area contributed by atoms with Crippen LogP contribution in [0.25, 0.3) is 0 Å². The number of nitrogens with zero attached hydrogens (tertiary/aromatic N) is 1. The molecule has 0 spiro atoms. The van der Waals surface area contributed by atoms with Gasteiger partial charge in [-0.3, -0.25) is 9.79 Å². The molecule has 0 fully saturated rings. The van der Waals surface area contributed by atoms with Gasteiger partial charge in [-0.15, -0.1) is 0 Å². The maximum Gasteiger partial charge on any atom is 0.158 e. The fraction of sp³-hybridized carbons (Fsp3) is 0.455. The minimum Gasteiger partial charge on any atom is -0.491 e. The van der Waals surface area contributed by atoms with E-state index >= 15 is 0 Å². The average molecular weight is 355 g/mol. The number of ether oxygens (including phenoxy) is 2. The summed E-state index contributed by atoms with van der Waals surface area (Å²) in [5.74, 6) is 1.39. The highest BCUT2D eigenvalue weighted by Gasteiger charge is 2.23. The number of benzene rings is 1. The summed E-state index contributed by atoms with van der Waals surface area (Å²) in [7, 11) is 0. The van der Waals surface area contributed by atoms with Crippen LogP contribution in [0.4, 0.5) is 0 Å². The molecule has 1 aromatic rings. The van der Waals surface area contributed by atoms with Gasteiger partial charge in [0, 0.05) is 23.6 Å². The molecule has 0 aromatic heterocycles. The SMILES string of the molecule is CCC(=O)COCCOc1ccc(C2=NC=CC(C)(C(C)C)C=C2)cc1. The van der Waals surface area contributed by atoms with Crippen molar-refractivity contribution in [3.05, 3.63) is 54.3 Å². The van der Waals surface area contributed by atoms with Crippen molar-refractivity contribution in [3.63, 3.8) is 0 Å². The van der Waals surface area contributed by atoms with Crippen LogP contribution in [0.3, 0.4) is 0 Å². The second-order valence-corrected chi connectivity index (χ2v) is 7.00. The van der Waals surface area contributed by atoms with Crippen molar-refractivity contribution in [1.82, 2.24) is 0 Å². The number of allylic oxidation sites excluding steroid dienone is 3. The molecule has 26 heavy (non-hydrogen) atoms. The Morgan fingerprint density at radius 1 is 1.15 bits per heavy atom. The summed E-state index contributed by atoms with van der Waals surface area (Å²) in [4.78, 5) is 15.7. The Labute approximate surface area is 156 Å². The summed E-state index contributed by atoms with van der Waals surface area (Å²) in [6.07, 6.45) is 8.87. The van der Waals surface area contributed by atoms with E-state index in [-0.39, 0.29) is 17.8 Å². The van der Waals surface area contributed by atoms with Crippen molar-refractivity contribution in [1.29, 1.82) is 0 Å². The molecule has 1 atom stereocenters. The molecule has 0 N–H and O–H groups in total. The Bertz CT molecular complexity index is 686. The Balaban J connectivity index is 1.89. The van der Waals surface area contributed by atoms with Gasteiger partial charge in [0.1, 0.15) is 19.0 Å². The van der Waals surface area contributed by atoms with Crippen LogP contribution in [-0.2, 0) is 9.53 Å². The van der Waals surface area contributed by atoms with Gasteiger partial charge in [-0.1, -0.05) is 39.8 Å². The smallest absolute Gasteiger partial charge is 0.158 e. The minimum atomic E-state index is 0.0213. The van der Waals surface area contributed by atoms with Crippen molar-refractivity contribution in [3.8, 4) is 5.75 Å². The molecule has 1 heterocycles. The zero-order valence-electron chi connectivity index (χ0n) is 16.2. The second-order valence-electron chi connectivity index (χ2n) is 7.00. The Morgan fingerprint density at radius 2 is 1.88 bits per heavy atom. The number of hydrogen-bond acceptors (Lipinski definition) is 4. The van der Waals surface area contributed by atoms with Crippen molar-refractivity contribution < 1.29 is 14.3 Å². The fourth-order valence-corrected chi connectivity index (χ4v) is 2.42. The molecule has 0 saturated carbocycles. The van der Waals surface area contributed by atoms with Crippen molar-refractivity contribution in [2.24, 2.45) is 16.3 Å². The third kappa shape index (κ3) is 5.67. The number of carbonyl (C=O) groups excluding carboxylic acids is 1. The summed E-state index contributed by atoms with van der Waals surface area (Å²) in [6, 6.07) is 7.87. The number of Topliss-reactive ketones (excluding diaryl/α,β-unsaturated/α-hetero) is 1. The molecule has 1 aliphatic heterocycles. The lowest BCUT2D eigenvalue weighted by Crippen LogP contribution is -2.17. The zero-order valence-corrected chi connectivity index (χ0v) is 16.2. The van der Waals surface area contributed by atoms with Crippen LogP contribution in [0.2, 0.25) is 0 Å². The molecule has 1 aromatic carbocycles. The van der Waals surface area contributed by atoms with E-state index < -0.39 is 0 Å². The van der Waals surface area contributed by atoms with E-state index in [1.807, 2.05) is 37.4 Å². The highest BCUT2D eigenvalue weighted by atomic mass is 16.5. The lowest BCUT2D eigenvalue weighted by molar-refractivity contribution is -0.123. The van der Waals surface area contributed by atoms with Crippen LogP contribution in [0, 0.1) is 11.3 Å². The first kappa shape index (κ1) is 20.1. The van der Waals surface area contributed by atoms with Crippen LogP contribution in [0.5, 0.6) is 5.75 Å². The van der Waals surface area contributed by atoms with Crippen molar-refractivity contribution >= 4 is 11.5 Å². The molecule has 0 amide bonds. The van der Waals surface area contributed by atoms with Gasteiger partial charge >= 0.3 is 0 Å². The molecular formula is C22H29NO3. The van der Waals surface area contributed by atoms with Gasteiger partial charge in [0.2, 0.25) is 0 Å². The number of carbonyl (C=O) groups is 1. The minimum absolute atomic E-state index is 0.0213. The van der Waals surface area contributed by atoms with Gasteiger partial charge < -0.3 is 9.47 Å². The molecule has 0 radical (unpaired) electrons. The van der Waals surface area contributed by atoms with E-state index in [1.54, 1.807) is 0 Å². The van der Waals surface area contributed by atoms with Crippen molar-refractivity contribution in [2.75, 3.05) is 19.8 Å². The van der Waals surface area contributed by atoms with Crippen LogP contribution >= 0.6 is 0 Å². The molecule has 4 nitrogen and oxygen atoms in total.